The molecule has 0 saturated heterocycles. The van der Waals surface area contributed by atoms with Crippen molar-refractivity contribution in [1.82, 2.24) is 16.0 Å². The summed E-state index contributed by atoms with van der Waals surface area (Å²) < 4.78 is 21.4. The minimum absolute atomic E-state index is 0. The summed E-state index contributed by atoms with van der Waals surface area (Å²) in [5, 5.41) is 10.3. The van der Waals surface area contributed by atoms with Gasteiger partial charge in [0.25, 0.3) is 0 Å². The molecule has 0 bridgehead atoms. The lowest BCUT2D eigenvalue weighted by Crippen LogP contribution is -2.32. The highest BCUT2D eigenvalue weighted by atomic mass is 35.5. The molecule has 2 aromatic rings. The van der Waals surface area contributed by atoms with E-state index in [1.807, 2.05) is 24.3 Å². The second-order valence-corrected chi connectivity index (χ2v) is 6.45. The van der Waals surface area contributed by atoms with E-state index in [-0.39, 0.29) is 37.2 Å². The third-order valence-corrected chi connectivity index (χ3v) is 4.55. The number of methoxy groups -OCH3 is 4. The van der Waals surface area contributed by atoms with Crippen molar-refractivity contribution in [3.8, 4) is 23.0 Å². The maximum atomic E-state index is 5.51. The largest absolute Gasteiger partial charge is 0.497 e. The molecule has 0 aromatic heterocycles. The van der Waals surface area contributed by atoms with E-state index >= 15 is 0 Å². The molecule has 0 unspecified atom stereocenters. The summed E-state index contributed by atoms with van der Waals surface area (Å²) in [6.45, 7) is 5.12. The van der Waals surface area contributed by atoms with Crippen molar-refractivity contribution in [3.05, 3.63) is 47.5 Å². The Morgan fingerprint density at radius 2 is 1.12 bits per heavy atom. The Morgan fingerprint density at radius 3 is 1.66 bits per heavy atom. The Kier molecular flexibility index (Phi) is 19.2. The van der Waals surface area contributed by atoms with Crippen LogP contribution >= 0.6 is 37.2 Å². The lowest BCUT2D eigenvalue weighted by Gasteiger charge is -2.16. The highest BCUT2D eigenvalue weighted by molar-refractivity contribution is 5.86. The smallest absolute Gasteiger partial charge is 0.203 e. The van der Waals surface area contributed by atoms with E-state index in [1.54, 1.807) is 28.4 Å². The number of benzene rings is 2. The van der Waals surface area contributed by atoms with Crippen molar-refractivity contribution in [2.75, 3.05) is 54.6 Å². The van der Waals surface area contributed by atoms with Crippen molar-refractivity contribution in [2.24, 2.45) is 0 Å². The third kappa shape index (κ3) is 10.3. The van der Waals surface area contributed by atoms with Crippen LogP contribution in [0.3, 0.4) is 0 Å². The van der Waals surface area contributed by atoms with Gasteiger partial charge < -0.3 is 34.9 Å². The monoisotopic (exact) mass is 511 g/mol. The van der Waals surface area contributed by atoms with Crippen LogP contribution in [0.5, 0.6) is 23.0 Å². The summed E-state index contributed by atoms with van der Waals surface area (Å²) in [4.78, 5) is 0. The lowest BCUT2D eigenvalue weighted by atomic mass is 10.1. The third-order valence-electron chi connectivity index (χ3n) is 4.55. The number of rotatable bonds is 14. The van der Waals surface area contributed by atoms with E-state index < -0.39 is 0 Å². The van der Waals surface area contributed by atoms with Crippen molar-refractivity contribution in [3.63, 3.8) is 0 Å². The number of nitrogens with one attached hydrogen (secondary N) is 3. The van der Waals surface area contributed by atoms with Gasteiger partial charge in [0.1, 0.15) is 5.75 Å². The van der Waals surface area contributed by atoms with E-state index in [2.05, 4.69) is 28.1 Å². The maximum Gasteiger partial charge on any atom is 0.203 e. The molecule has 0 amide bonds. The zero-order valence-corrected chi connectivity index (χ0v) is 21.5. The Morgan fingerprint density at radius 1 is 0.562 bits per heavy atom. The SMILES string of the molecule is COc1ccc(CNCCNCCNCc2ccc(OC)c(OC)c2OC)cc1.Cl.Cl.Cl. The molecule has 0 fully saturated rings. The normalized spacial score (nSPS) is 9.62. The van der Waals surface area contributed by atoms with Crippen molar-refractivity contribution < 1.29 is 18.9 Å². The predicted molar refractivity (Wildman–Crippen MR) is 137 cm³/mol. The Hall–Kier alpha value is -1.61. The fraction of sp³-hybridized carbons (Fsp3) is 0.455. The first-order valence-corrected chi connectivity index (χ1v) is 9.76. The molecule has 0 atom stereocenters. The number of hydrogen-bond acceptors (Lipinski definition) is 7. The van der Waals surface area contributed by atoms with E-state index in [9.17, 15) is 0 Å². The average molecular weight is 513 g/mol. The van der Waals surface area contributed by atoms with Crippen LogP contribution in [0.4, 0.5) is 0 Å². The zero-order chi connectivity index (χ0) is 20.9. The Bertz CT molecular complexity index is 737. The summed E-state index contributed by atoms with van der Waals surface area (Å²) in [7, 11) is 6.55. The summed E-state index contributed by atoms with van der Waals surface area (Å²) >= 11 is 0. The fourth-order valence-corrected chi connectivity index (χ4v) is 2.98. The molecule has 0 aliphatic carbocycles. The van der Waals surface area contributed by atoms with Crippen LogP contribution in [0.25, 0.3) is 0 Å². The van der Waals surface area contributed by atoms with Crippen molar-refractivity contribution in [1.29, 1.82) is 0 Å². The maximum absolute atomic E-state index is 5.51. The van der Waals surface area contributed by atoms with Gasteiger partial charge in [-0.1, -0.05) is 18.2 Å². The molecule has 10 heteroatoms. The zero-order valence-electron chi connectivity index (χ0n) is 19.1. The number of ether oxygens (including phenoxy) is 4. The van der Waals surface area contributed by atoms with E-state index in [0.29, 0.717) is 23.8 Å². The highest BCUT2D eigenvalue weighted by Crippen LogP contribution is 2.39. The summed E-state index contributed by atoms with van der Waals surface area (Å²) in [5.74, 6) is 2.87. The van der Waals surface area contributed by atoms with Gasteiger partial charge in [0.2, 0.25) is 5.75 Å². The van der Waals surface area contributed by atoms with Crippen LogP contribution in [-0.4, -0.2) is 54.6 Å². The van der Waals surface area contributed by atoms with Gasteiger partial charge in [-0.25, -0.2) is 0 Å². The molecular formula is C22H36Cl3N3O4. The molecular weight excluding hydrogens is 477 g/mol. The molecule has 7 nitrogen and oxygen atoms in total. The topological polar surface area (TPSA) is 73.0 Å². The molecule has 2 rings (SSSR count). The van der Waals surface area contributed by atoms with Crippen LogP contribution in [0.15, 0.2) is 36.4 Å². The Balaban J connectivity index is 0. The molecule has 2 aromatic carbocycles. The standard InChI is InChI=1S/C22H33N3O4.3ClH/c1-26-19-8-5-17(6-9-19)15-24-13-11-23-12-14-25-16-18-7-10-20(27-2)22(29-4)21(18)28-3;;;/h5-10,23-25H,11-16H2,1-4H3;3*1H. The van der Waals surface area contributed by atoms with Gasteiger partial charge in [0.05, 0.1) is 28.4 Å². The minimum Gasteiger partial charge on any atom is -0.497 e. The van der Waals surface area contributed by atoms with Gasteiger partial charge >= 0.3 is 0 Å². The van der Waals surface area contributed by atoms with E-state index in [4.69, 9.17) is 18.9 Å². The number of hydrogen-bond donors (Lipinski definition) is 3. The minimum atomic E-state index is 0. The van der Waals surface area contributed by atoms with Gasteiger partial charge in [-0.3, -0.25) is 0 Å². The lowest BCUT2D eigenvalue weighted by molar-refractivity contribution is 0.321. The second-order valence-electron chi connectivity index (χ2n) is 6.45. The highest BCUT2D eigenvalue weighted by Gasteiger charge is 2.15. The second kappa shape index (κ2) is 18.9. The number of halogens is 3. The Labute approximate surface area is 210 Å². The first kappa shape index (κ1) is 32.6. The average Bonchev–Trinajstić information content (AvgIpc) is 2.77. The van der Waals surface area contributed by atoms with Crippen LogP contribution < -0.4 is 34.9 Å². The van der Waals surface area contributed by atoms with Crippen LogP contribution in [-0.2, 0) is 13.1 Å². The molecule has 0 spiro atoms. The van der Waals surface area contributed by atoms with Gasteiger partial charge in [-0.15, -0.1) is 37.2 Å². The summed E-state index contributed by atoms with van der Waals surface area (Å²) in [6.07, 6.45) is 0. The van der Waals surface area contributed by atoms with E-state index in [0.717, 1.165) is 44.0 Å². The van der Waals surface area contributed by atoms with Gasteiger partial charge in [0, 0.05) is 44.8 Å². The molecule has 0 saturated carbocycles. The van der Waals surface area contributed by atoms with E-state index in [1.165, 1.54) is 5.56 Å². The van der Waals surface area contributed by atoms with Crippen molar-refractivity contribution >= 4 is 37.2 Å². The van der Waals surface area contributed by atoms with Crippen LogP contribution in [0.1, 0.15) is 11.1 Å². The first-order chi connectivity index (χ1) is 14.2. The molecule has 0 aliphatic heterocycles. The quantitative estimate of drug-likeness (QED) is 0.335. The molecule has 32 heavy (non-hydrogen) atoms. The fourth-order valence-electron chi connectivity index (χ4n) is 2.98. The summed E-state index contributed by atoms with van der Waals surface area (Å²) in [5.41, 5.74) is 2.28. The molecule has 0 radical (unpaired) electrons. The molecule has 184 valence electrons. The van der Waals surface area contributed by atoms with Gasteiger partial charge in [-0.05, 0) is 23.8 Å². The van der Waals surface area contributed by atoms with Gasteiger partial charge in [-0.2, -0.15) is 0 Å². The predicted octanol–water partition coefficient (Wildman–Crippen LogP) is 3.46. The molecule has 0 heterocycles. The van der Waals surface area contributed by atoms with Crippen LogP contribution in [0, 0.1) is 0 Å². The van der Waals surface area contributed by atoms with Crippen LogP contribution in [0.2, 0.25) is 0 Å². The summed E-state index contributed by atoms with van der Waals surface area (Å²) in [6, 6.07) is 12.0. The first-order valence-electron chi connectivity index (χ1n) is 9.76. The molecule has 3 N–H and O–H groups in total. The van der Waals surface area contributed by atoms with Crippen molar-refractivity contribution in [2.45, 2.75) is 13.1 Å². The van der Waals surface area contributed by atoms with Gasteiger partial charge in [0.15, 0.2) is 11.5 Å². The molecule has 0 aliphatic rings.